The van der Waals surface area contributed by atoms with Crippen LogP contribution in [0, 0.1) is 5.82 Å². The highest BCUT2D eigenvalue weighted by molar-refractivity contribution is 5.30. The molecule has 114 valence electrons. The van der Waals surface area contributed by atoms with Crippen LogP contribution in [0.15, 0.2) is 30.6 Å². The molecule has 1 unspecified atom stereocenters. The molecule has 0 aliphatic carbocycles. The number of halogens is 4. The van der Waals surface area contributed by atoms with Gasteiger partial charge in [0.25, 0.3) is 0 Å². The molecule has 7 heteroatoms. The van der Waals surface area contributed by atoms with Crippen LogP contribution < -0.4 is 5.73 Å². The van der Waals surface area contributed by atoms with E-state index in [1.54, 1.807) is 24.0 Å². The number of alkyl halides is 3. The highest BCUT2D eigenvalue weighted by atomic mass is 19.4. The Morgan fingerprint density at radius 2 is 2.05 bits per heavy atom. The fourth-order valence-corrected chi connectivity index (χ4v) is 2.13. The summed E-state index contributed by atoms with van der Waals surface area (Å²) in [5.41, 5.74) is 4.42. The molecule has 0 bridgehead atoms. The molecule has 2 aromatic rings. The molecule has 0 aliphatic rings. The van der Waals surface area contributed by atoms with Gasteiger partial charge < -0.3 is 10.3 Å². The van der Waals surface area contributed by atoms with Gasteiger partial charge in [0.1, 0.15) is 11.6 Å². The lowest BCUT2D eigenvalue weighted by atomic mass is 9.99. The van der Waals surface area contributed by atoms with Gasteiger partial charge in [0.15, 0.2) is 0 Å². The zero-order valence-corrected chi connectivity index (χ0v) is 11.4. The molecule has 21 heavy (non-hydrogen) atoms. The second-order valence-electron chi connectivity index (χ2n) is 4.81. The van der Waals surface area contributed by atoms with E-state index in [-0.39, 0.29) is 5.56 Å². The Morgan fingerprint density at radius 1 is 1.33 bits per heavy atom. The average molecular weight is 301 g/mol. The van der Waals surface area contributed by atoms with Crippen molar-refractivity contribution in [1.29, 1.82) is 0 Å². The number of hydrogen-bond donors (Lipinski definition) is 1. The third-order valence-electron chi connectivity index (χ3n) is 3.33. The number of aryl methyl sites for hydroxylation is 2. The smallest absolute Gasteiger partial charge is 0.338 e. The summed E-state index contributed by atoms with van der Waals surface area (Å²) >= 11 is 0. The van der Waals surface area contributed by atoms with Crippen molar-refractivity contribution in [1.82, 2.24) is 9.55 Å². The first kappa shape index (κ1) is 15.5. The van der Waals surface area contributed by atoms with Crippen LogP contribution in [0.3, 0.4) is 0 Å². The average Bonchev–Trinajstić information content (AvgIpc) is 2.80. The van der Waals surface area contributed by atoms with E-state index >= 15 is 0 Å². The predicted molar refractivity (Wildman–Crippen MR) is 69.9 cm³/mol. The topological polar surface area (TPSA) is 43.8 Å². The van der Waals surface area contributed by atoms with Gasteiger partial charge in [-0.15, -0.1) is 0 Å². The minimum Gasteiger partial charge on any atom is -0.338 e. The molecule has 0 saturated heterocycles. The molecule has 0 fully saturated rings. The third-order valence-corrected chi connectivity index (χ3v) is 3.33. The molecular weight excluding hydrogens is 286 g/mol. The summed E-state index contributed by atoms with van der Waals surface area (Å²) in [4.78, 5) is 4.09. The van der Waals surface area contributed by atoms with E-state index in [1.807, 2.05) is 0 Å². The normalized spacial score (nSPS) is 13.4. The molecule has 2 N–H and O–H groups in total. The van der Waals surface area contributed by atoms with Gasteiger partial charge in [0.2, 0.25) is 0 Å². The first-order chi connectivity index (χ1) is 9.80. The van der Waals surface area contributed by atoms with Gasteiger partial charge in [-0.3, -0.25) is 0 Å². The summed E-state index contributed by atoms with van der Waals surface area (Å²) in [6.45, 7) is 0. The largest absolute Gasteiger partial charge is 0.419 e. The van der Waals surface area contributed by atoms with Gasteiger partial charge >= 0.3 is 6.18 Å². The Labute approximate surface area is 119 Å². The van der Waals surface area contributed by atoms with Gasteiger partial charge in [-0.25, -0.2) is 9.37 Å². The monoisotopic (exact) mass is 301 g/mol. The van der Waals surface area contributed by atoms with Crippen LogP contribution in [0.1, 0.15) is 29.4 Å². The van der Waals surface area contributed by atoms with E-state index in [1.165, 1.54) is 12.1 Å². The van der Waals surface area contributed by atoms with Gasteiger partial charge in [-0.2, -0.15) is 13.2 Å². The number of benzene rings is 1. The van der Waals surface area contributed by atoms with Crippen LogP contribution in [-0.2, 0) is 19.6 Å². The zero-order valence-electron chi connectivity index (χ0n) is 11.4. The summed E-state index contributed by atoms with van der Waals surface area (Å²) in [7, 11) is 1.80. The molecular formula is C14H15F4N3. The van der Waals surface area contributed by atoms with Crippen molar-refractivity contribution >= 4 is 0 Å². The molecule has 1 aromatic heterocycles. The lowest BCUT2D eigenvalue weighted by molar-refractivity contribution is -0.140. The molecule has 3 nitrogen and oxygen atoms in total. The standard InChI is InChI=1S/C14H15F4N3/c1-21-8-7-20-12(21)6-5-11(19)9-3-2-4-10(13(9)15)14(16,17)18/h2-4,7-8,11H,5-6,19H2,1H3. The number of imidazole rings is 1. The number of nitrogens with two attached hydrogens (primary N) is 1. The molecule has 0 spiro atoms. The summed E-state index contributed by atoms with van der Waals surface area (Å²) in [5, 5.41) is 0. The Kier molecular flexibility index (Phi) is 4.32. The highest BCUT2D eigenvalue weighted by Gasteiger charge is 2.35. The Morgan fingerprint density at radius 3 is 2.62 bits per heavy atom. The molecule has 1 aromatic carbocycles. The van der Waals surface area contributed by atoms with E-state index in [0.717, 1.165) is 5.82 Å². The van der Waals surface area contributed by atoms with Crippen LogP contribution in [0.2, 0.25) is 0 Å². The predicted octanol–water partition coefficient (Wildman–Crippen LogP) is 3.21. The highest BCUT2D eigenvalue weighted by Crippen LogP contribution is 2.34. The molecule has 0 saturated carbocycles. The number of rotatable bonds is 4. The number of aromatic nitrogens is 2. The van der Waals surface area contributed by atoms with Crippen LogP contribution in [0.25, 0.3) is 0 Å². The van der Waals surface area contributed by atoms with Gasteiger partial charge in [-0.05, 0) is 12.5 Å². The van der Waals surface area contributed by atoms with Crippen LogP contribution in [0.5, 0.6) is 0 Å². The molecule has 1 atom stereocenters. The molecule has 0 aliphatic heterocycles. The molecule has 0 amide bonds. The van der Waals surface area contributed by atoms with Crippen LogP contribution in [-0.4, -0.2) is 9.55 Å². The lowest BCUT2D eigenvalue weighted by Crippen LogP contribution is -2.17. The molecule has 0 radical (unpaired) electrons. The zero-order chi connectivity index (χ0) is 15.6. The Hall–Kier alpha value is -1.89. The summed E-state index contributed by atoms with van der Waals surface area (Å²) < 4.78 is 53.7. The van der Waals surface area contributed by atoms with Crippen molar-refractivity contribution in [2.75, 3.05) is 0 Å². The Bertz CT molecular complexity index is 619. The minimum absolute atomic E-state index is 0.126. The summed E-state index contributed by atoms with van der Waals surface area (Å²) in [6, 6.07) is 2.35. The van der Waals surface area contributed by atoms with Crippen molar-refractivity contribution in [3.63, 3.8) is 0 Å². The van der Waals surface area contributed by atoms with Crippen molar-refractivity contribution < 1.29 is 17.6 Å². The van der Waals surface area contributed by atoms with E-state index in [0.29, 0.717) is 18.9 Å². The maximum absolute atomic E-state index is 13.9. The first-order valence-electron chi connectivity index (χ1n) is 6.38. The van der Waals surface area contributed by atoms with Crippen molar-refractivity contribution in [2.24, 2.45) is 12.8 Å². The second kappa shape index (κ2) is 5.85. The molecule has 1 heterocycles. The Balaban J connectivity index is 2.16. The minimum atomic E-state index is -4.72. The number of hydrogen-bond acceptors (Lipinski definition) is 2. The van der Waals surface area contributed by atoms with E-state index in [9.17, 15) is 17.6 Å². The number of nitrogens with zero attached hydrogens (tertiary/aromatic N) is 2. The van der Waals surface area contributed by atoms with Gasteiger partial charge in [-0.1, -0.05) is 12.1 Å². The SMILES string of the molecule is Cn1ccnc1CCC(N)c1cccc(C(F)(F)F)c1F. The fraction of sp³-hybridized carbons (Fsp3) is 0.357. The first-order valence-corrected chi connectivity index (χ1v) is 6.38. The van der Waals surface area contributed by atoms with Crippen LogP contribution in [0.4, 0.5) is 17.6 Å². The molecule has 2 rings (SSSR count). The van der Waals surface area contributed by atoms with Crippen molar-refractivity contribution in [3.05, 3.63) is 53.4 Å². The quantitative estimate of drug-likeness (QED) is 0.881. The lowest BCUT2D eigenvalue weighted by Gasteiger charge is -2.16. The fourth-order valence-electron chi connectivity index (χ4n) is 2.13. The van der Waals surface area contributed by atoms with E-state index in [2.05, 4.69) is 4.98 Å². The maximum atomic E-state index is 13.9. The van der Waals surface area contributed by atoms with Gasteiger partial charge in [0.05, 0.1) is 5.56 Å². The summed E-state index contributed by atoms with van der Waals surface area (Å²) in [6.07, 6.45) is -0.583. The van der Waals surface area contributed by atoms with Crippen LogP contribution >= 0.6 is 0 Å². The maximum Gasteiger partial charge on any atom is 0.419 e. The summed E-state index contributed by atoms with van der Waals surface area (Å²) in [5.74, 6) is -0.546. The third kappa shape index (κ3) is 3.41. The van der Waals surface area contributed by atoms with Gasteiger partial charge in [0, 0.05) is 37.5 Å². The van der Waals surface area contributed by atoms with Crippen molar-refractivity contribution in [3.8, 4) is 0 Å². The van der Waals surface area contributed by atoms with Crippen molar-refractivity contribution in [2.45, 2.75) is 25.1 Å². The van der Waals surface area contributed by atoms with E-state index in [4.69, 9.17) is 5.73 Å². The van der Waals surface area contributed by atoms with E-state index < -0.39 is 23.6 Å². The second-order valence-corrected chi connectivity index (χ2v) is 4.81.